The van der Waals surface area contributed by atoms with Crippen molar-refractivity contribution in [2.24, 2.45) is 5.92 Å². The Morgan fingerprint density at radius 3 is 2.35 bits per heavy atom. The molecule has 1 aliphatic rings. The van der Waals surface area contributed by atoms with Gasteiger partial charge in [-0.05, 0) is 31.7 Å². The Morgan fingerprint density at radius 1 is 1.05 bits per heavy atom. The first-order valence-corrected chi connectivity index (χ1v) is 8.65. The number of morpholine rings is 1. The fourth-order valence-electron chi connectivity index (χ4n) is 2.72. The summed E-state index contributed by atoms with van der Waals surface area (Å²) in [5.74, 6) is 0.781. The van der Waals surface area contributed by atoms with Crippen LogP contribution in [-0.2, 0) is 9.47 Å². The second-order valence-corrected chi connectivity index (χ2v) is 5.41. The zero-order chi connectivity index (χ0) is 15.1. The van der Waals surface area contributed by atoms with Crippen molar-refractivity contribution >= 4 is 0 Å². The van der Waals surface area contributed by atoms with Gasteiger partial charge in [-0.15, -0.1) is 0 Å². The molecule has 3 heteroatoms. The summed E-state index contributed by atoms with van der Waals surface area (Å²) in [5.41, 5.74) is 0. The summed E-state index contributed by atoms with van der Waals surface area (Å²) in [6.07, 6.45) is 8.00. The van der Waals surface area contributed by atoms with Gasteiger partial charge in [0.05, 0.1) is 13.2 Å². The van der Waals surface area contributed by atoms with Gasteiger partial charge in [0.2, 0.25) is 0 Å². The molecule has 0 aromatic carbocycles. The van der Waals surface area contributed by atoms with Crippen LogP contribution in [0.4, 0.5) is 0 Å². The molecule has 0 aromatic rings. The maximum Gasteiger partial charge on any atom is 0.0594 e. The van der Waals surface area contributed by atoms with Gasteiger partial charge in [0, 0.05) is 26.8 Å². The smallest absolute Gasteiger partial charge is 0.0594 e. The molecule has 0 spiro atoms. The van der Waals surface area contributed by atoms with Crippen LogP contribution in [0.5, 0.6) is 0 Å². The van der Waals surface area contributed by atoms with Crippen LogP contribution in [0.3, 0.4) is 0 Å². The highest BCUT2D eigenvalue weighted by atomic mass is 16.5. The van der Waals surface area contributed by atoms with Gasteiger partial charge in [-0.1, -0.05) is 40.0 Å². The Balaban J connectivity index is 0.00000172. The highest BCUT2D eigenvalue weighted by Crippen LogP contribution is 2.16. The third kappa shape index (κ3) is 10.6. The lowest BCUT2D eigenvalue weighted by Gasteiger charge is -2.26. The Hall–Kier alpha value is -0.120. The van der Waals surface area contributed by atoms with Crippen molar-refractivity contribution < 1.29 is 9.47 Å². The average Bonchev–Trinajstić information content (AvgIpc) is 2.50. The van der Waals surface area contributed by atoms with Crippen molar-refractivity contribution in [1.29, 1.82) is 0 Å². The minimum atomic E-state index is 0.781. The zero-order valence-corrected chi connectivity index (χ0v) is 14.3. The molecule has 122 valence electrons. The molecule has 0 amide bonds. The number of nitrogens with zero attached hydrogens (tertiary/aromatic N) is 1. The number of methoxy groups -OCH3 is 1. The number of unbranched alkanes of at least 4 members (excludes halogenated alkanes) is 2. The van der Waals surface area contributed by atoms with E-state index in [1.807, 2.05) is 21.0 Å². The molecule has 0 aromatic heterocycles. The van der Waals surface area contributed by atoms with Crippen LogP contribution < -0.4 is 0 Å². The molecule has 1 fully saturated rings. The Kier molecular flexibility index (Phi) is 15.2. The van der Waals surface area contributed by atoms with E-state index in [0.717, 1.165) is 38.8 Å². The van der Waals surface area contributed by atoms with E-state index in [0.29, 0.717) is 0 Å². The first kappa shape index (κ1) is 19.9. The SMILES string of the molecule is CC.CCCC(CCCCCN1CCOCC1)COC. The molecular weight excluding hydrogens is 250 g/mol. The second kappa shape index (κ2) is 15.3. The molecule has 1 aliphatic heterocycles. The fourth-order valence-corrected chi connectivity index (χ4v) is 2.72. The van der Waals surface area contributed by atoms with E-state index in [1.54, 1.807) is 0 Å². The Bertz CT molecular complexity index is 176. The van der Waals surface area contributed by atoms with Gasteiger partial charge in [0.1, 0.15) is 0 Å². The van der Waals surface area contributed by atoms with E-state index in [-0.39, 0.29) is 0 Å². The molecule has 0 aliphatic carbocycles. The molecular formula is C17H37NO2. The fraction of sp³-hybridized carbons (Fsp3) is 1.00. The van der Waals surface area contributed by atoms with Crippen LogP contribution in [0.2, 0.25) is 0 Å². The lowest BCUT2D eigenvalue weighted by molar-refractivity contribution is 0.0370. The molecule has 1 unspecified atom stereocenters. The molecule has 0 bridgehead atoms. The average molecular weight is 287 g/mol. The van der Waals surface area contributed by atoms with E-state index in [9.17, 15) is 0 Å². The van der Waals surface area contributed by atoms with Gasteiger partial charge in [0.25, 0.3) is 0 Å². The molecule has 1 rings (SSSR count). The summed E-state index contributed by atoms with van der Waals surface area (Å²) in [5, 5.41) is 0. The summed E-state index contributed by atoms with van der Waals surface area (Å²) >= 11 is 0. The van der Waals surface area contributed by atoms with Crippen molar-refractivity contribution in [3.63, 3.8) is 0 Å². The van der Waals surface area contributed by atoms with Gasteiger partial charge in [0.15, 0.2) is 0 Å². The minimum Gasteiger partial charge on any atom is -0.384 e. The standard InChI is InChI=1S/C15H31NO2.C2H6/c1-3-7-15(14-17-2)8-5-4-6-9-16-10-12-18-13-11-16;1-2/h15H,3-14H2,1-2H3;1-2H3. The Morgan fingerprint density at radius 2 is 1.75 bits per heavy atom. The molecule has 20 heavy (non-hydrogen) atoms. The Labute approximate surface area is 127 Å². The summed E-state index contributed by atoms with van der Waals surface area (Å²) < 4.78 is 10.6. The molecule has 0 saturated carbocycles. The van der Waals surface area contributed by atoms with Crippen LogP contribution >= 0.6 is 0 Å². The first-order valence-electron chi connectivity index (χ1n) is 8.65. The third-order valence-electron chi connectivity index (χ3n) is 3.79. The predicted molar refractivity (Wildman–Crippen MR) is 87.3 cm³/mol. The summed E-state index contributed by atoms with van der Waals surface area (Å²) in [4.78, 5) is 2.53. The number of ether oxygens (including phenoxy) is 2. The molecule has 0 N–H and O–H groups in total. The maximum atomic E-state index is 5.36. The largest absolute Gasteiger partial charge is 0.384 e. The van der Waals surface area contributed by atoms with Gasteiger partial charge in [-0.2, -0.15) is 0 Å². The molecule has 1 heterocycles. The second-order valence-electron chi connectivity index (χ2n) is 5.41. The van der Waals surface area contributed by atoms with E-state index in [2.05, 4.69) is 11.8 Å². The van der Waals surface area contributed by atoms with Gasteiger partial charge >= 0.3 is 0 Å². The van der Waals surface area contributed by atoms with E-state index < -0.39 is 0 Å². The van der Waals surface area contributed by atoms with E-state index >= 15 is 0 Å². The van der Waals surface area contributed by atoms with Crippen LogP contribution in [-0.4, -0.2) is 51.5 Å². The van der Waals surface area contributed by atoms with Crippen LogP contribution in [0.1, 0.15) is 59.3 Å². The van der Waals surface area contributed by atoms with E-state index in [4.69, 9.17) is 9.47 Å². The summed E-state index contributed by atoms with van der Waals surface area (Å²) in [6.45, 7) is 12.6. The minimum absolute atomic E-state index is 0.781. The van der Waals surface area contributed by atoms with Crippen molar-refractivity contribution in [3.05, 3.63) is 0 Å². The summed E-state index contributed by atoms with van der Waals surface area (Å²) in [7, 11) is 1.82. The van der Waals surface area contributed by atoms with Crippen molar-refractivity contribution in [2.45, 2.75) is 59.3 Å². The predicted octanol–water partition coefficient (Wildman–Crippen LogP) is 3.97. The lowest BCUT2D eigenvalue weighted by atomic mass is 9.97. The van der Waals surface area contributed by atoms with Crippen LogP contribution in [0.25, 0.3) is 0 Å². The van der Waals surface area contributed by atoms with Crippen molar-refractivity contribution in [1.82, 2.24) is 4.90 Å². The van der Waals surface area contributed by atoms with Crippen LogP contribution in [0.15, 0.2) is 0 Å². The quantitative estimate of drug-likeness (QED) is 0.568. The number of hydrogen-bond acceptors (Lipinski definition) is 3. The van der Waals surface area contributed by atoms with Gasteiger partial charge < -0.3 is 9.47 Å². The van der Waals surface area contributed by atoms with Gasteiger partial charge in [-0.25, -0.2) is 0 Å². The molecule has 0 radical (unpaired) electrons. The lowest BCUT2D eigenvalue weighted by Crippen LogP contribution is -2.36. The topological polar surface area (TPSA) is 21.7 Å². The normalized spacial score (nSPS) is 17.4. The highest BCUT2D eigenvalue weighted by Gasteiger charge is 2.10. The van der Waals surface area contributed by atoms with Crippen molar-refractivity contribution in [3.8, 4) is 0 Å². The third-order valence-corrected chi connectivity index (χ3v) is 3.79. The van der Waals surface area contributed by atoms with Gasteiger partial charge in [-0.3, -0.25) is 4.90 Å². The maximum absolute atomic E-state index is 5.36. The molecule has 1 saturated heterocycles. The monoisotopic (exact) mass is 287 g/mol. The van der Waals surface area contributed by atoms with Crippen molar-refractivity contribution in [2.75, 3.05) is 46.6 Å². The molecule has 3 nitrogen and oxygen atoms in total. The highest BCUT2D eigenvalue weighted by molar-refractivity contribution is 4.63. The summed E-state index contributed by atoms with van der Waals surface area (Å²) in [6, 6.07) is 0. The zero-order valence-electron chi connectivity index (χ0n) is 14.3. The van der Waals surface area contributed by atoms with E-state index in [1.165, 1.54) is 45.1 Å². The number of rotatable bonds is 10. The van der Waals surface area contributed by atoms with Crippen LogP contribution in [0, 0.1) is 5.92 Å². The number of hydrogen-bond donors (Lipinski definition) is 0. The molecule has 1 atom stereocenters. The first-order chi connectivity index (χ1) is 9.86.